The molecule has 0 bridgehead atoms. The summed E-state index contributed by atoms with van der Waals surface area (Å²) in [5.41, 5.74) is 0.988. The lowest BCUT2D eigenvalue weighted by atomic mass is 10.1. The fraction of sp³-hybridized carbons (Fsp3) is 0.630. The summed E-state index contributed by atoms with van der Waals surface area (Å²) in [6, 6.07) is 7.31. The number of aliphatic hydroxyl groups excluding tert-OH is 1. The van der Waals surface area contributed by atoms with Gasteiger partial charge < -0.3 is 54.5 Å². The number of nitrogens with one attached hydrogen (secondary N) is 2. The molecule has 2 aliphatic heterocycles. The number of aliphatic carboxylic acids is 2. The molecule has 15 nitrogen and oxygen atoms in total. The first-order valence-electron chi connectivity index (χ1n) is 13.6. The number of hydrogen-bond acceptors (Lipinski definition) is 11. The van der Waals surface area contributed by atoms with Crippen LogP contribution in [0.1, 0.15) is 25.8 Å². The third-order valence-corrected chi connectivity index (χ3v) is 5.92. The van der Waals surface area contributed by atoms with E-state index in [0.29, 0.717) is 64.7 Å². The van der Waals surface area contributed by atoms with Crippen LogP contribution >= 0.6 is 12.4 Å². The molecule has 0 aromatic heterocycles. The number of carbonyl (C=O) groups excluding carboxylic acids is 2. The minimum absolute atomic E-state index is 0. The normalized spacial score (nSPS) is 17.8. The van der Waals surface area contributed by atoms with Crippen molar-refractivity contribution in [2.24, 2.45) is 0 Å². The molecule has 2 saturated heterocycles. The van der Waals surface area contributed by atoms with E-state index in [4.69, 9.17) is 43.5 Å². The summed E-state index contributed by atoms with van der Waals surface area (Å²) in [5, 5.41) is 30.8. The van der Waals surface area contributed by atoms with Crippen LogP contribution in [-0.4, -0.2) is 128 Å². The molecule has 16 heteroatoms. The van der Waals surface area contributed by atoms with Gasteiger partial charge in [-0.2, -0.15) is 0 Å². The highest BCUT2D eigenvalue weighted by molar-refractivity contribution is 6.27. The molecule has 0 radical (unpaired) electrons. The first-order chi connectivity index (χ1) is 19.9. The van der Waals surface area contributed by atoms with E-state index in [1.54, 1.807) is 4.90 Å². The van der Waals surface area contributed by atoms with E-state index < -0.39 is 23.8 Å². The fourth-order valence-electron chi connectivity index (χ4n) is 3.76. The number of benzene rings is 1. The number of hydrogen-bond donors (Lipinski definition) is 5. The minimum atomic E-state index is -1.82. The van der Waals surface area contributed by atoms with Crippen molar-refractivity contribution < 1.29 is 58.2 Å². The number of carbonyl (C=O) groups is 4. The zero-order chi connectivity index (χ0) is 31.0. The molecule has 2 atom stereocenters. The molecule has 0 saturated carbocycles. The molecule has 2 fully saturated rings. The third-order valence-electron chi connectivity index (χ3n) is 5.92. The number of carboxylic acids is 2. The van der Waals surface area contributed by atoms with Crippen molar-refractivity contribution in [1.29, 1.82) is 0 Å². The zero-order valence-electron chi connectivity index (χ0n) is 24.3. The number of rotatable bonds is 13. The summed E-state index contributed by atoms with van der Waals surface area (Å²) in [6.07, 6.45) is -0.0863. The molecular formula is C27H42ClN3O12. The van der Waals surface area contributed by atoms with Crippen LogP contribution in [-0.2, 0) is 39.8 Å². The zero-order valence-corrected chi connectivity index (χ0v) is 25.1. The van der Waals surface area contributed by atoms with E-state index in [-0.39, 0.29) is 50.1 Å². The van der Waals surface area contributed by atoms with E-state index >= 15 is 0 Å². The Hall–Kier alpha value is -3.21. The summed E-state index contributed by atoms with van der Waals surface area (Å²) in [5.74, 6) is -3.92. The molecule has 3 rings (SSSR count). The molecule has 2 heterocycles. The summed E-state index contributed by atoms with van der Waals surface area (Å²) in [7, 11) is 0. The standard InChI is InChI=1S/C25H39N3O8.C2H2O4.ClH/c1-25(2)35-18-22(36-25)17-34-23(30)8-5-19-3-6-21(7-4-19)33-16-20(29)15-26-9-10-27-24(31)28-11-13-32-14-12-28;3-1(4)2(5)6;/h3-4,6-7,20,22,26,29H,5,8-18H2,1-2H3,(H,27,31);(H,3,4)(H,5,6);1H/t20?,22-;;/m1../s1. The van der Waals surface area contributed by atoms with Crippen LogP contribution in [0.5, 0.6) is 5.75 Å². The molecule has 5 N–H and O–H groups in total. The topological polar surface area (TPSA) is 202 Å². The highest BCUT2D eigenvalue weighted by atomic mass is 35.5. The molecule has 244 valence electrons. The van der Waals surface area contributed by atoms with Gasteiger partial charge in [-0.15, -0.1) is 12.4 Å². The Bertz CT molecular complexity index is 993. The SMILES string of the molecule is CC1(C)OC[C@@H](COC(=O)CCc2ccc(OCC(O)CNCCNC(=O)N3CCOCC3)cc2)O1.Cl.O=C(O)C(=O)O. The number of esters is 1. The lowest BCUT2D eigenvalue weighted by molar-refractivity contribution is -0.159. The number of morpholine rings is 1. The number of ether oxygens (including phenoxy) is 5. The molecule has 2 amide bonds. The van der Waals surface area contributed by atoms with Crippen LogP contribution in [0.2, 0.25) is 0 Å². The second kappa shape index (κ2) is 19.9. The van der Waals surface area contributed by atoms with Gasteiger partial charge in [0.2, 0.25) is 0 Å². The van der Waals surface area contributed by atoms with Crippen LogP contribution in [0.4, 0.5) is 4.79 Å². The van der Waals surface area contributed by atoms with E-state index in [1.165, 1.54) is 0 Å². The van der Waals surface area contributed by atoms with E-state index in [2.05, 4.69) is 10.6 Å². The molecule has 2 aliphatic rings. The van der Waals surface area contributed by atoms with Crippen molar-refractivity contribution in [3.8, 4) is 5.75 Å². The van der Waals surface area contributed by atoms with Gasteiger partial charge in [0.1, 0.15) is 31.2 Å². The van der Waals surface area contributed by atoms with Gasteiger partial charge in [-0.25, -0.2) is 14.4 Å². The van der Waals surface area contributed by atoms with Crippen LogP contribution in [0.3, 0.4) is 0 Å². The molecule has 0 spiro atoms. The Morgan fingerprint density at radius 1 is 1.07 bits per heavy atom. The first kappa shape index (κ1) is 37.8. The molecule has 1 aromatic rings. The second-order valence-electron chi connectivity index (χ2n) is 9.89. The van der Waals surface area contributed by atoms with Crippen LogP contribution < -0.4 is 15.4 Å². The smallest absolute Gasteiger partial charge is 0.414 e. The highest BCUT2D eigenvalue weighted by Gasteiger charge is 2.33. The van der Waals surface area contributed by atoms with Crippen molar-refractivity contribution in [1.82, 2.24) is 15.5 Å². The summed E-state index contributed by atoms with van der Waals surface area (Å²) >= 11 is 0. The monoisotopic (exact) mass is 635 g/mol. The van der Waals surface area contributed by atoms with Crippen molar-refractivity contribution >= 4 is 36.3 Å². The van der Waals surface area contributed by atoms with Gasteiger partial charge in [-0.05, 0) is 38.0 Å². The van der Waals surface area contributed by atoms with Gasteiger partial charge >= 0.3 is 23.9 Å². The number of halogens is 1. The number of amides is 2. The Labute approximate surface area is 256 Å². The van der Waals surface area contributed by atoms with E-state index in [0.717, 1.165) is 5.56 Å². The molecule has 1 aromatic carbocycles. The van der Waals surface area contributed by atoms with Crippen molar-refractivity contribution in [2.75, 3.05) is 65.8 Å². The number of urea groups is 1. The van der Waals surface area contributed by atoms with E-state index in [1.807, 2.05) is 38.1 Å². The lowest BCUT2D eigenvalue weighted by Gasteiger charge is -2.27. The van der Waals surface area contributed by atoms with Gasteiger partial charge in [-0.1, -0.05) is 12.1 Å². The highest BCUT2D eigenvalue weighted by Crippen LogP contribution is 2.22. The van der Waals surface area contributed by atoms with Crippen molar-refractivity contribution in [3.63, 3.8) is 0 Å². The average Bonchev–Trinajstić information content (AvgIpc) is 3.33. The maximum absolute atomic E-state index is 12.0. The Morgan fingerprint density at radius 3 is 2.30 bits per heavy atom. The fourth-order valence-corrected chi connectivity index (χ4v) is 3.76. The predicted octanol–water partition coefficient (Wildman–Crippen LogP) is 0.262. The Kier molecular flexibility index (Phi) is 17.5. The maximum Gasteiger partial charge on any atom is 0.414 e. The number of aliphatic hydroxyl groups is 1. The van der Waals surface area contributed by atoms with Crippen LogP contribution in [0.25, 0.3) is 0 Å². The quantitative estimate of drug-likeness (QED) is 0.112. The van der Waals surface area contributed by atoms with Gasteiger partial charge in [0, 0.05) is 39.1 Å². The predicted molar refractivity (Wildman–Crippen MR) is 153 cm³/mol. The Balaban J connectivity index is 0.00000120. The largest absolute Gasteiger partial charge is 0.491 e. The molecule has 1 unspecified atom stereocenters. The van der Waals surface area contributed by atoms with Crippen molar-refractivity contribution in [2.45, 2.75) is 44.7 Å². The number of carboxylic acid groups (broad SMARTS) is 2. The van der Waals surface area contributed by atoms with Gasteiger partial charge in [0.05, 0.1) is 19.8 Å². The molecule has 0 aliphatic carbocycles. The summed E-state index contributed by atoms with van der Waals surface area (Å²) < 4.78 is 27.2. The number of aryl methyl sites for hydroxylation is 1. The number of nitrogens with zero attached hydrogens (tertiary/aromatic N) is 1. The lowest BCUT2D eigenvalue weighted by Crippen LogP contribution is -2.47. The van der Waals surface area contributed by atoms with Crippen LogP contribution in [0, 0.1) is 0 Å². The van der Waals surface area contributed by atoms with Gasteiger partial charge in [-0.3, -0.25) is 4.79 Å². The second-order valence-corrected chi connectivity index (χ2v) is 9.89. The summed E-state index contributed by atoms with van der Waals surface area (Å²) in [6.45, 7) is 8.13. The Morgan fingerprint density at radius 2 is 1.72 bits per heavy atom. The maximum atomic E-state index is 12.0. The van der Waals surface area contributed by atoms with Gasteiger partial charge in [0.25, 0.3) is 0 Å². The molecule has 43 heavy (non-hydrogen) atoms. The molecular weight excluding hydrogens is 594 g/mol. The van der Waals surface area contributed by atoms with Crippen LogP contribution in [0.15, 0.2) is 24.3 Å². The summed E-state index contributed by atoms with van der Waals surface area (Å²) in [4.78, 5) is 43.9. The minimum Gasteiger partial charge on any atom is -0.491 e. The third kappa shape index (κ3) is 16.3. The van der Waals surface area contributed by atoms with Crippen molar-refractivity contribution in [3.05, 3.63) is 29.8 Å². The van der Waals surface area contributed by atoms with E-state index in [9.17, 15) is 14.7 Å². The van der Waals surface area contributed by atoms with Gasteiger partial charge in [0.15, 0.2) is 5.79 Å². The first-order valence-corrected chi connectivity index (χ1v) is 13.6. The average molecular weight is 636 g/mol.